The van der Waals surface area contributed by atoms with Crippen LogP contribution in [0, 0.1) is 6.92 Å². The topological polar surface area (TPSA) is 64.9 Å². The maximum atomic E-state index is 13.3. The van der Waals surface area contributed by atoms with Crippen LogP contribution >= 0.6 is 11.6 Å². The highest BCUT2D eigenvalue weighted by atomic mass is 35.5. The highest BCUT2D eigenvalue weighted by Gasteiger charge is 2.24. The van der Waals surface area contributed by atoms with Gasteiger partial charge in [0.15, 0.2) is 5.82 Å². The molecule has 0 saturated heterocycles. The molecule has 1 aromatic carbocycles. The summed E-state index contributed by atoms with van der Waals surface area (Å²) in [4.78, 5) is 32.2. The lowest BCUT2D eigenvalue weighted by atomic mass is 10.3. The van der Waals surface area contributed by atoms with Crippen LogP contribution in [-0.2, 0) is 0 Å². The molecular formula is C22H30ClN6O. The Kier molecular flexibility index (Phi) is 9.05. The molecule has 0 aliphatic rings. The Bertz CT molecular complexity index is 851. The van der Waals surface area contributed by atoms with E-state index in [2.05, 4.69) is 35.7 Å². The number of carbonyl (C=O) groups is 1. The third-order valence-corrected chi connectivity index (χ3v) is 4.92. The van der Waals surface area contributed by atoms with Gasteiger partial charge in [0.05, 0.1) is 6.20 Å². The van der Waals surface area contributed by atoms with Crippen LogP contribution in [0.1, 0.15) is 33.6 Å². The van der Waals surface area contributed by atoms with Crippen LogP contribution < -0.4 is 14.7 Å². The Morgan fingerprint density at radius 2 is 1.83 bits per heavy atom. The van der Waals surface area contributed by atoms with Gasteiger partial charge in [-0.1, -0.05) is 18.5 Å². The van der Waals surface area contributed by atoms with E-state index < -0.39 is 0 Å². The molecule has 2 rings (SSSR count). The molecule has 0 bridgehead atoms. The summed E-state index contributed by atoms with van der Waals surface area (Å²) in [5, 5.41) is 0.620. The van der Waals surface area contributed by atoms with E-state index in [0.717, 1.165) is 31.6 Å². The van der Waals surface area contributed by atoms with Crippen LogP contribution in [0.15, 0.2) is 35.5 Å². The summed E-state index contributed by atoms with van der Waals surface area (Å²) in [6.45, 7) is 11.9. The van der Waals surface area contributed by atoms with Gasteiger partial charge in [0.1, 0.15) is 5.69 Å². The average molecular weight is 430 g/mol. The van der Waals surface area contributed by atoms with E-state index in [1.165, 1.54) is 0 Å². The zero-order valence-electron chi connectivity index (χ0n) is 18.2. The molecule has 0 aliphatic heterocycles. The van der Waals surface area contributed by atoms with Crippen molar-refractivity contribution in [3.8, 4) is 0 Å². The molecule has 0 saturated carbocycles. The molecule has 8 heteroatoms. The quantitative estimate of drug-likeness (QED) is 0.502. The number of urea groups is 1. The van der Waals surface area contributed by atoms with Gasteiger partial charge < -0.3 is 4.90 Å². The molecule has 1 aromatic heterocycles. The van der Waals surface area contributed by atoms with E-state index in [9.17, 15) is 4.79 Å². The number of hydrogen-bond acceptors (Lipinski definition) is 5. The highest BCUT2D eigenvalue weighted by molar-refractivity contribution is 6.30. The number of rotatable bonds is 9. The Labute approximate surface area is 184 Å². The van der Waals surface area contributed by atoms with Crippen molar-refractivity contribution in [2.24, 2.45) is 4.99 Å². The number of benzene rings is 1. The van der Waals surface area contributed by atoms with Crippen LogP contribution in [0.5, 0.6) is 0 Å². The molecule has 0 spiro atoms. The lowest BCUT2D eigenvalue weighted by molar-refractivity contribution is 0.253. The Balaban J connectivity index is 2.43. The molecule has 0 atom stereocenters. The Hall–Kier alpha value is -2.67. The van der Waals surface area contributed by atoms with Crippen molar-refractivity contribution in [2.45, 2.75) is 33.6 Å². The van der Waals surface area contributed by atoms with Gasteiger partial charge in [-0.25, -0.2) is 14.8 Å². The predicted octanol–water partition coefficient (Wildman–Crippen LogP) is 5.38. The second kappa shape index (κ2) is 11.5. The minimum absolute atomic E-state index is 0.201. The maximum Gasteiger partial charge on any atom is 0.328 e. The predicted molar refractivity (Wildman–Crippen MR) is 127 cm³/mol. The summed E-state index contributed by atoms with van der Waals surface area (Å²) in [5.74, 6) is 1.07. The van der Waals surface area contributed by atoms with Crippen molar-refractivity contribution in [2.75, 3.05) is 41.4 Å². The number of halogens is 1. The van der Waals surface area contributed by atoms with Gasteiger partial charge in [-0.3, -0.25) is 9.80 Å². The summed E-state index contributed by atoms with van der Waals surface area (Å²) in [6, 6.07) is 6.93. The largest absolute Gasteiger partial charge is 0.341 e. The third kappa shape index (κ3) is 5.69. The van der Waals surface area contributed by atoms with Crippen molar-refractivity contribution in [1.82, 2.24) is 9.97 Å². The summed E-state index contributed by atoms with van der Waals surface area (Å²) in [7, 11) is 1.73. The number of anilines is 3. The number of carbonyl (C=O) groups excluding carboxylic acids is 1. The molecule has 30 heavy (non-hydrogen) atoms. The van der Waals surface area contributed by atoms with Crippen LogP contribution in [0.4, 0.5) is 27.9 Å². The van der Waals surface area contributed by atoms with Gasteiger partial charge in [0, 0.05) is 43.6 Å². The fourth-order valence-corrected chi connectivity index (χ4v) is 3.03. The first-order valence-electron chi connectivity index (χ1n) is 10.2. The smallest absolute Gasteiger partial charge is 0.328 e. The van der Waals surface area contributed by atoms with Gasteiger partial charge in [-0.15, -0.1) is 0 Å². The van der Waals surface area contributed by atoms with Crippen molar-refractivity contribution < 1.29 is 4.79 Å². The van der Waals surface area contributed by atoms with Crippen LogP contribution in [0.25, 0.3) is 0 Å². The second-order valence-corrected chi connectivity index (χ2v) is 7.00. The molecule has 161 valence electrons. The molecule has 0 fully saturated rings. The first kappa shape index (κ1) is 23.6. The number of aromatic nitrogens is 2. The maximum absolute atomic E-state index is 13.3. The molecule has 2 amide bonds. The molecule has 0 unspecified atom stereocenters. The fraction of sp³-hybridized carbons (Fsp3) is 0.409. The van der Waals surface area contributed by atoms with Crippen LogP contribution in [0.3, 0.4) is 0 Å². The minimum atomic E-state index is -0.201. The SMILES string of the molecule is [CH2]CCC=Nc1nc(N(CC)CC)ncc1N(CC)C(=O)N(C)c1ccc(Cl)cc1. The van der Waals surface area contributed by atoms with E-state index in [-0.39, 0.29) is 6.03 Å². The zero-order valence-corrected chi connectivity index (χ0v) is 18.9. The Morgan fingerprint density at radius 1 is 1.17 bits per heavy atom. The van der Waals surface area contributed by atoms with E-state index in [1.54, 1.807) is 53.5 Å². The standard InChI is InChI=1S/C22H30ClN6O/c1-6-10-15-24-20-19(16-25-21(26-20)28(7-2)8-3)29(9-4)22(30)27(5)18-13-11-17(23)12-14-18/h11-16H,1,6-10H2,2-5H3. The van der Waals surface area contributed by atoms with E-state index >= 15 is 0 Å². The van der Waals surface area contributed by atoms with E-state index in [1.807, 2.05) is 11.8 Å². The van der Waals surface area contributed by atoms with Crippen LogP contribution in [-0.4, -0.2) is 48.9 Å². The minimum Gasteiger partial charge on any atom is -0.341 e. The van der Waals surface area contributed by atoms with Crippen molar-refractivity contribution >= 4 is 47.0 Å². The van der Waals surface area contributed by atoms with Gasteiger partial charge >= 0.3 is 6.03 Å². The molecule has 0 N–H and O–H groups in total. The molecule has 1 radical (unpaired) electrons. The number of amides is 2. The number of nitrogens with zero attached hydrogens (tertiary/aromatic N) is 6. The monoisotopic (exact) mass is 429 g/mol. The molecular weight excluding hydrogens is 400 g/mol. The van der Waals surface area contributed by atoms with Gasteiger partial charge in [-0.2, -0.15) is 4.98 Å². The van der Waals surface area contributed by atoms with Gasteiger partial charge in [0.25, 0.3) is 0 Å². The molecule has 2 aromatic rings. The number of unbranched alkanes of at least 4 members (excludes halogenated alkanes) is 1. The second-order valence-electron chi connectivity index (χ2n) is 6.57. The molecule has 1 heterocycles. The fourth-order valence-electron chi connectivity index (χ4n) is 2.91. The lowest BCUT2D eigenvalue weighted by Gasteiger charge is -2.28. The highest BCUT2D eigenvalue weighted by Crippen LogP contribution is 2.29. The summed E-state index contributed by atoms with van der Waals surface area (Å²) >= 11 is 5.97. The summed E-state index contributed by atoms with van der Waals surface area (Å²) in [6.07, 6.45) is 4.93. The normalized spacial score (nSPS) is 11.0. The van der Waals surface area contributed by atoms with Crippen molar-refractivity contribution in [3.63, 3.8) is 0 Å². The summed E-state index contributed by atoms with van der Waals surface area (Å²) < 4.78 is 0. The van der Waals surface area contributed by atoms with Crippen molar-refractivity contribution in [3.05, 3.63) is 42.4 Å². The molecule has 7 nitrogen and oxygen atoms in total. The van der Waals surface area contributed by atoms with E-state index in [4.69, 9.17) is 11.6 Å². The number of hydrogen-bond donors (Lipinski definition) is 0. The average Bonchev–Trinajstić information content (AvgIpc) is 2.76. The summed E-state index contributed by atoms with van der Waals surface area (Å²) in [5.41, 5.74) is 1.31. The zero-order chi connectivity index (χ0) is 22.1. The van der Waals surface area contributed by atoms with E-state index in [0.29, 0.717) is 29.0 Å². The van der Waals surface area contributed by atoms with Crippen molar-refractivity contribution in [1.29, 1.82) is 0 Å². The lowest BCUT2D eigenvalue weighted by Crippen LogP contribution is -2.41. The van der Waals surface area contributed by atoms with Crippen LogP contribution in [0.2, 0.25) is 5.02 Å². The first-order chi connectivity index (χ1) is 14.5. The van der Waals surface area contributed by atoms with Gasteiger partial charge in [0.2, 0.25) is 5.95 Å². The first-order valence-corrected chi connectivity index (χ1v) is 10.6. The number of aliphatic imine (C=N–C) groups is 1. The van der Waals surface area contributed by atoms with Gasteiger partial charge in [-0.05, 0) is 57.9 Å². The third-order valence-electron chi connectivity index (χ3n) is 4.67. The molecule has 0 aliphatic carbocycles. The Morgan fingerprint density at radius 3 is 2.40 bits per heavy atom.